The average molecular weight is 281 g/mol. The Morgan fingerprint density at radius 2 is 2.00 bits per heavy atom. The molecule has 1 aliphatic carbocycles. The lowest BCUT2D eigenvalue weighted by Crippen LogP contribution is -2.41. The maximum Gasteiger partial charge on any atom is 0.308 e. The summed E-state index contributed by atoms with van der Waals surface area (Å²) in [5.74, 6) is -2.00. The van der Waals surface area contributed by atoms with Crippen molar-refractivity contribution >= 4 is 23.6 Å². The molecule has 108 valence electrons. The molecule has 0 aromatic rings. The van der Waals surface area contributed by atoms with E-state index in [1.165, 1.54) is 6.92 Å². The summed E-state index contributed by atoms with van der Waals surface area (Å²) in [4.78, 5) is 46.6. The Bertz CT molecular complexity index is 489. The summed E-state index contributed by atoms with van der Waals surface area (Å²) in [5.41, 5.74) is -1.35. The second-order valence-corrected chi connectivity index (χ2v) is 5.10. The molecule has 7 heteroatoms. The van der Waals surface area contributed by atoms with Crippen molar-refractivity contribution in [2.75, 3.05) is 6.54 Å². The number of hydrogen-bond acceptors (Lipinski definition) is 6. The molecule has 2 aliphatic rings. The lowest BCUT2D eigenvalue weighted by molar-refractivity contribution is -0.165. The molecule has 0 aromatic carbocycles. The Morgan fingerprint density at radius 3 is 2.50 bits per heavy atom. The van der Waals surface area contributed by atoms with Crippen LogP contribution in [0.25, 0.3) is 0 Å². The summed E-state index contributed by atoms with van der Waals surface area (Å²) >= 11 is 0. The van der Waals surface area contributed by atoms with E-state index >= 15 is 0 Å². The summed E-state index contributed by atoms with van der Waals surface area (Å²) in [5, 5.41) is 9.91. The van der Waals surface area contributed by atoms with Crippen molar-refractivity contribution in [1.82, 2.24) is 4.90 Å². The Labute approximate surface area is 115 Å². The Hall–Kier alpha value is -2.02. The SMILES string of the molecule is CC1(O)CCC(=O)C1OC(=O)CCN1C(=O)C=CC1=O. The van der Waals surface area contributed by atoms with Crippen LogP contribution in [0.4, 0.5) is 0 Å². The zero-order valence-corrected chi connectivity index (χ0v) is 11.0. The number of imide groups is 1. The maximum absolute atomic E-state index is 11.6. The van der Waals surface area contributed by atoms with Crippen molar-refractivity contribution < 1.29 is 29.0 Å². The van der Waals surface area contributed by atoms with Gasteiger partial charge in [0.2, 0.25) is 0 Å². The van der Waals surface area contributed by atoms with Gasteiger partial charge < -0.3 is 9.84 Å². The molecule has 0 aromatic heterocycles. The van der Waals surface area contributed by atoms with Gasteiger partial charge in [0.05, 0.1) is 6.42 Å². The summed E-state index contributed by atoms with van der Waals surface area (Å²) in [6.45, 7) is 1.33. The molecule has 1 N–H and O–H groups in total. The molecule has 7 nitrogen and oxygen atoms in total. The predicted molar refractivity (Wildman–Crippen MR) is 65.2 cm³/mol. The van der Waals surface area contributed by atoms with Gasteiger partial charge in [0.1, 0.15) is 5.60 Å². The summed E-state index contributed by atoms with van der Waals surface area (Å²) in [7, 11) is 0. The Kier molecular flexibility index (Phi) is 3.71. The van der Waals surface area contributed by atoms with E-state index in [4.69, 9.17) is 4.74 Å². The van der Waals surface area contributed by atoms with E-state index in [1.54, 1.807) is 0 Å². The quantitative estimate of drug-likeness (QED) is 0.541. The van der Waals surface area contributed by atoms with Crippen molar-refractivity contribution in [2.24, 2.45) is 0 Å². The largest absolute Gasteiger partial charge is 0.451 e. The third kappa shape index (κ3) is 2.77. The van der Waals surface area contributed by atoms with Gasteiger partial charge in [-0.25, -0.2) is 0 Å². The lowest BCUT2D eigenvalue weighted by atomic mass is 10.0. The topological polar surface area (TPSA) is 101 Å². The second-order valence-electron chi connectivity index (χ2n) is 5.10. The van der Waals surface area contributed by atoms with Gasteiger partial charge in [0.25, 0.3) is 11.8 Å². The summed E-state index contributed by atoms with van der Waals surface area (Å²) < 4.78 is 4.96. The second kappa shape index (κ2) is 5.16. The third-order valence-electron chi connectivity index (χ3n) is 3.42. The van der Waals surface area contributed by atoms with Gasteiger partial charge in [-0.15, -0.1) is 0 Å². The number of Topliss-reactive ketones (excluding diaryl/α,β-unsaturated/α-hetero) is 1. The van der Waals surface area contributed by atoms with Crippen molar-refractivity contribution in [3.05, 3.63) is 12.2 Å². The molecule has 2 unspecified atom stereocenters. The van der Waals surface area contributed by atoms with Crippen LogP contribution in [0.3, 0.4) is 0 Å². The molecule has 1 heterocycles. The van der Waals surface area contributed by atoms with E-state index in [0.29, 0.717) is 0 Å². The van der Waals surface area contributed by atoms with Crippen molar-refractivity contribution in [3.63, 3.8) is 0 Å². The van der Waals surface area contributed by atoms with Gasteiger partial charge >= 0.3 is 5.97 Å². The van der Waals surface area contributed by atoms with Gasteiger partial charge in [-0.2, -0.15) is 0 Å². The van der Waals surface area contributed by atoms with E-state index in [9.17, 15) is 24.3 Å². The number of esters is 1. The molecule has 20 heavy (non-hydrogen) atoms. The van der Waals surface area contributed by atoms with Crippen LogP contribution in [-0.2, 0) is 23.9 Å². The normalized spacial score (nSPS) is 29.4. The molecule has 1 fully saturated rings. The minimum atomic E-state index is -1.35. The maximum atomic E-state index is 11.6. The van der Waals surface area contributed by atoms with E-state index in [-0.39, 0.29) is 31.6 Å². The number of carbonyl (C=O) groups excluding carboxylic acids is 4. The van der Waals surface area contributed by atoms with Crippen LogP contribution in [0.5, 0.6) is 0 Å². The van der Waals surface area contributed by atoms with E-state index in [0.717, 1.165) is 17.1 Å². The number of amides is 2. The predicted octanol–water partition coefficient (Wildman–Crippen LogP) is -0.673. The van der Waals surface area contributed by atoms with Gasteiger partial charge in [0, 0.05) is 25.1 Å². The molecule has 1 saturated carbocycles. The number of ketones is 1. The zero-order valence-electron chi connectivity index (χ0n) is 11.0. The number of hydrogen-bond donors (Lipinski definition) is 1. The molecule has 0 saturated heterocycles. The fourth-order valence-corrected chi connectivity index (χ4v) is 2.22. The van der Waals surface area contributed by atoms with Crippen LogP contribution in [-0.4, -0.2) is 51.8 Å². The van der Waals surface area contributed by atoms with Gasteiger partial charge in [-0.05, 0) is 13.3 Å². The first-order valence-electron chi connectivity index (χ1n) is 6.29. The van der Waals surface area contributed by atoms with Crippen LogP contribution in [0, 0.1) is 0 Å². The Morgan fingerprint density at radius 1 is 1.40 bits per heavy atom. The summed E-state index contributed by atoms with van der Waals surface area (Å²) in [6.07, 6.45) is 1.28. The van der Waals surface area contributed by atoms with Crippen LogP contribution in [0.1, 0.15) is 26.2 Å². The van der Waals surface area contributed by atoms with E-state index < -0.39 is 29.5 Å². The highest BCUT2D eigenvalue weighted by molar-refractivity contribution is 6.13. The molecule has 2 atom stereocenters. The highest BCUT2D eigenvalue weighted by Gasteiger charge is 2.46. The van der Waals surface area contributed by atoms with Gasteiger partial charge in [0.15, 0.2) is 11.9 Å². The average Bonchev–Trinajstić information content (AvgIpc) is 2.82. The first kappa shape index (κ1) is 14.4. The number of carbonyl (C=O) groups is 4. The molecule has 1 aliphatic heterocycles. The fourth-order valence-electron chi connectivity index (χ4n) is 2.22. The standard InChI is InChI=1S/C13H15NO6/c1-13(19)6-4-8(15)12(13)20-11(18)5-7-14-9(16)2-3-10(14)17/h2-3,12,19H,4-7H2,1H3. The molecule has 0 radical (unpaired) electrons. The molecule has 0 bridgehead atoms. The fraction of sp³-hybridized carbons (Fsp3) is 0.538. The Balaban J connectivity index is 1.86. The van der Waals surface area contributed by atoms with Crippen molar-refractivity contribution in [3.8, 4) is 0 Å². The minimum Gasteiger partial charge on any atom is -0.451 e. The van der Waals surface area contributed by atoms with Crippen molar-refractivity contribution in [2.45, 2.75) is 37.9 Å². The van der Waals surface area contributed by atoms with Crippen LogP contribution >= 0.6 is 0 Å². The number of rotatable bonds is 4. The molecular weight excluding hydrogens is 266 g/mol. The zero-order chi connectivity index (χ0) is 14.9. The summed E-state index contributed by atoms with van der Waals surface area (Å²) in [6, 6.07) is 0. The molecule has 0 spiro atoms. The smallest absolute Gasteiger partial charge is 0.308 e. The molecule has 2 amide bonds. The van der Waals surface area contributed by atoms with Crippen LogP contribution in [0.15, 0.2) is 12.2 Å². The minimum absolute atomic E-state index is 0.105. The van der Waals surface area contributed by atoms with E-state index in [2.05, 4.69) is 0 Å². The number of ether oxygens (including phenoxy) is 1. The molecule has 2 rings (SSSR count). The number of aliphatic hydroxyl groups is 1. The highest BCUT2D eigenvalue weighted by Crippen LogP contribution is 2.29. The van der Waals surface area contributed by atoms with Gasteiger partial charge in [-0.3, -0.25) is 24.1 Å². The van der Waals surface area contributed by atoms with Crippen molar-refractivity contribution in [1.29, 1.82) is 0 Å². The monoisotopic (exact) mass is 281 g/mol. The molecular formula is C13H15NO6. The van der Waals surface area contributed by atoms with E-state index in [1.807, 2.05) is 0 Å². The lowest BCUT2D eigenvalue weighted by Gasteiger charge is -2.24. The van der Waals surface area contributed by atoms with Crippen LogP contribution in [0.2, 0.25) is 0 Å². The third-order valence-corrected chi connectivity index (χ3v) is 3.42. The van der Waals surface area contributed by atoms with Crippen LogP contribution < -0.4 is 0 Å². The van der Waals surface area contributed by atoms with Gasteiger partial charge in [-0.1, -0.05) is 0 Å². The number of nitrogens with zero attached hydrogens (tertiary/aromatic N) is 1. The first-order valence-corrected chi connectivity index (χ1v) is 6.29. The first-order chi connectivity index (χ1) is 9.31. The highest BCUT2D eigenvalue weighted by atomic mass is 16.6.